The van der Waals surface area contributed by atoms with Gasteiger partial charge in [-0.05, 0) is 36.4 Å². The summed E-state index contributed by atoms with van der Waals surface area (Å²) in [4.78, 5) is 4.47. The normalized spacial score (nSPS) is 13.6. The minimum atomic E-state index is 0.785. The lowest BCUT2D eigenvalue weighted by atomic mass is 10.1. The van der Waals surface area contributed by atoms with Gasteiger partial charge in [-0.15, -0.1) is 0 Å². The third-order valence-corrected chi connectivity index (χ3v) is 7.09. The molecule has 0 saturated heterocycles. The smallest absolute Gasteiger partial charge is 0.224 e. The highest BCUT2D eigenvalue weighted by molar-refractivity contribution is 5.87. The molecule has 7 nitrogen and oxygen atoms in total. The topological polar surface area (TPSA) is 40.2 Å². The van der Waals surface area contributed by atoms with Crippen molar-refractivity contribution >= 4 is 35.2 Å². The van der Waals surface area contributed by atoms with Crippen molar-refractivity contribution in [2.75, 3.05) is 58.6 Å². The van der Waals surface area contributed by atoms with Crippen molar-refractivity contribution in [2.24, 2.45) is 0 Å². The maximum absolute atomic E-state index is 5.35. The van der Waals surface area contributed by atoms with Gasteiger partial charge in [0.25, 0.3) is 0 Å². The van der Waals surface area contributed by atoms with E-state index in [0.29, 0.717) is 0 Å². The van der Waals surface area contributed by atoms with E-state index in [1.807, 2.05) is 30.3 Å². The summed E-state index contributed by atoms with van der Waals surface area (Å²) in [6.45, 7) is 1.64. The van der Waals surface area contributed by atoms with Gasteiger partial charge in [-0.3, -0.25) is 0 Å². The predicted octanol–water partition coefficient (Wildman–Crippen LogP) is 5.74. The molecule has 40 heavy (non-hydrogen) atoms. The van der Waals surface area contributed by atoms with Crippen LogP contribution in [0.1, 0.15) is 11.1 Å². The van der Waals surface area contributed by atoms with Crippen molar-refractivity contribution < 1.29 is 23.4 Å². The van der Waals surface area contributed by atoms with Gasteiger partial charge in [0.05, 0.1) is 56.0 Å². The van der Waals surface area contributed by atoms with E-state index in [1.165, 1.54) is 28.2 Å². The molecule has 6 rings (SSSR count). The minimum Gasteiger partial charge on any atom is -0.497 e. The van der Waals surface area contributed by atoms with Gasteiger partial charge in [-0.2, -0.15) is 9.15 Å². The molecule has 0 bridgehead atoms. The zero-order chi connectivity index (χ0) is 28.1. The number of hydrogen-bond acceptors (Lipinski definition) is 5. The SMILES string of the molecule is COc1cc(OC)cc([N+]2=Cc3ccccc3N(C)C2)c1.COc1ccc([N+]2=Cc3ccccc3N(C)C2)cc1. The number of para-hydroxylation sites is 2. The molecule has 0 spiro atoms. The maximum atomic E-state index is 5.35. The van der Waals surface area contributed by atoms with Crippen molar-refractivity contribution in [3.05, 3.63) is 102 Å². The number of rotatable bonds is 5. The number of fused-ring (bicyclic) bond motifs is 2. The molecule has 2 aliphatic heterocycles. The summed E-state index contributed by atoms with van der Waals surface area (Å²) in [5.74, 6) is 2.47. The van der Waals surface area contributed by atoms with E-state index in [2.05, 4.69) is 106 Å². The molecule has 0 aliphatic carbocycles. The average Bonchev–Trinajstić information content (AvgIpc) is 3.01. The molecule has 2 aliphatic rings. The van der Waals surface area contributed by atoms with Crippen LogP contribution in [0.25, 0.3) is 0 Å². The summed E-state index contributed by atoms with van der Waals surface area (Å²) in [6, 6.07) is 30.9. The summed E-state index contributed by atoms with van der Waals surface area (Å²) in [6.07, 6.45) is 4.35. The van der Waals surface area contributed by atoms with Gasteiger partial charge in [0.15, 0.2) is 12.4 Å². The third kappa shape index (κ3) is 5.78. The Morgan fingerprint density at radius 1 is 0.525 bits per heavy atom. The van der Waals surface area contributed by atoms with Crippen molar-refractivity contribution in [1.82, 2.24) is 0 Å². The van der Waals surface area contributed by atoms with E-state index in [1.54, 1.807) is 21.3 Å². The fraction of sp³-hybridized carbons (Fsp3) is 0.212. The van der Waals surface area contributed by atoms with Crippen LogP contribution in [0, 0.1) is 0 Å². The van der Waals surface area contributed by atoms with Crippen LogP contribution in [0.15, 0.2) is 91.0 Å². The second kappa shape index (κ2) is 11.9. The highest BCUT2D eigenvalue weighted by Crippen LogP contribution is 2.30. The first-order valence-electron chi connectivity index (χ1n) is 13.2. The van der Waals surface area contributed by atoms with E-state index in [-0.39, 0.29) is 0 Å². The molecule has 2 heterocycles. The molecule has 4 aromatic rings. The lowest BCUT2D eigenvalue weighted by Gasteiger charge is -2.23. The molecule has 0 N–H and O–H groups in total. The Kier molecular flexibility index (Phi) is 8.01. The van der Waals surface area contributed by atoms with Gasteiger partial charge < -0.3 is 24.0 Å². The Balaban J connectivity index is 0.000000162. The van der Waals surface area contributed by atoms with Gasteiger partial charge in [-0.25, -0.2) is 0 Å². The second-order valence-corrected chi connectivity index (χ2v) is 9.76. The van der Waals surface area contributed by atoms with Gasteiger partial charge in [0.1, 0.15) is 17.2 Å². The summed E-state index contributed by atoms with van der Waals surface area (Å²) in [5.41, 5.74) is 7.17. The molecular formula is C33H36N4O3+2. The Morgan fingerprint density at radius 2 is 0.975 bits per heavy atom. The van der Waals surface area contributed by atoms with Crippen LogP contribution in [-0.4, -0.2) is 70.3 Å². The molecule has 0 atom stereocenters. The van der Waals surface area contributed by atoms with Gasteiger partial charge in [-0.1, -0.05) is 24.3 Å². The second-order valence-electron chi connectivity index (χ2n) is 9.76. The zero-order valence-corrected chi connectivity index (χ0v) is 23.7. The van der Waals surface area contributed by atoms with E-state index >= 15 is 0 Å². The highest BCUT2D eigenvalue weighted by atomic mass is 16.5. The summed E-state index contributed by atoms with van der Waals surface area (Å²) < 4.78 is 20.3. The molecule has 4 aromatic carbocycles. The monoisotopic (exact) mass is 536 g/mol. The van der Waals surface area contributed by atoms with Crippen LogP contribution in [0.4, 0.5) is 22.7 Å². The number of anilines is 2. The Morgan fingerprint density at radius 3 is 1.45 bits per heavy atom. The van der Waals surface area contributed by atoms with Crippen LogP contribution in [0.2, 0.25) is 0 Å². The number of nitrogens with zero attached hydrogens (tertiary/aromatic N) is 4. The first-order chi connectivity index (χ1) is 19.5. The molecular weight excluding hydrogens is 500 g/mol. The Hall–Kier alpha value is -4.78. The first kappa shape index (κ1) is 26.8. The maximum Gasteiger partial charge on any atom is 0.224 e. The van der Waals surface area contributed by atoms with E-state index in [4.69, 9.17) is 14.2 Å². The van der Waals surface area contributed by atoms with Crippen molar-refractivity contribution in [2.45, 2.75) is 0 Å². The quantitative estimate of drug-likeness (QED) is 0.304. The van der Waals surface area contributed by atoms with E-state index in [9.17, 15) is 0 Å². The van der Waals surface area contributed by atoms with Gasteiger partial charge in [0.2, 0.25) is 24.7 Å². The van der Waals surface area contributed by atoms with Crippen LogP contribution < -0.4 is 24.0 Å². The van der Waals surface area contributed by atoms with Crippen molar-refractivity contribution in [1.29, 1.82) is 0 Å². The fourth-order valence-corrected chi connectivity index (χ4v) is 4.96. The molecule has 204 valence electrons. The summed E-state index contributed by atoms with van der Waals surface area (Å²) in [7, 11) is 9.23. The lowest BCUT2D eigenvalue weighted by molar-refractivity contribution is -0.435. The third-order valence-electron chi connectivity index (χ3n) is 7.09. The summed E-state index contributed by atoms with van der Waals surface area (Å²) >= 11 is 0. The van der Waals surface area contributed by atoms with Crippen LogP contribution in [-0.2, 0) is 0 Å². The van der Waals surface area contributed by atoms with E-state index < -0.39 is 0 Å². The lowest BCUT2D eigenvalue weighted by Crippen LogP contribution is -2.32. The number of benzene rings is 4. The number of hydrogen-bond donors (Lipinski definition) is 0. The standard InChI is InChI=1S/C17H19N2O2.C16H17N2O/c1-18-12-19(11-13-6-4-5-7-17(13)18)14-8-15(20-2)10-16(9-14)21-3;1-17-12-18(11-13-5-3-4-6-16(13)17)14-7-9-15(19-2)10-8-14/h4-11H,12H2,1-3H3;3-11H,12H2,1-2H3/q2*+1. The zero-order valence-electron chi connectivity index (χ0n) is 23.7. The number of methoxy groups -OCH3 is 3. The molecule has 0 radical (unpaired) electrons. The Labute approximate surface area is 236 Å². The van der Waals surface area contributed by atoms with Crippen LogP contribution in [0.5, 0.6) is 17.2 Å². The van der Waals surface area contributed by atoms with Crippen molar-refractivity contribution in [3.8, 4) is 17.2 Å². The Bertz CT molecular complexity index is 1520. The minimum absolute atomic E-state index is 0.785. The predicted molar refractivity (Wildman–Crippen MR) is 162 cm³/mol. The van der Waals surface area contributed by atoms with Gasteiger partial charge >= 0.3 is 0 Å². The highest BCUT2D eigenvalue weighted by Gasteiger charge is 2.23. The van der Waals surface area contributed by atoms with Crippen LogP contribution >= 0.6 is 0 Å². The molecule has 0 unspecified atom stereocenters. The number of ether oxygens (including phenoxy) is 3. The molecule has 0 fully saturated rings. The van der Waals surface area contributed by atoms with Gasteiger partial charge in [0, 0.05) is 32.3 Å². The largest absolute Gasteiger partial charge is 0.497 e. The molecule has 0 saturated carbocycles. The summed E-state index contributed by atoms with van der Waals surface area (Å²) in [5, 5.41) is 0. The molecule has 0 aromatic heterocycles. The molecule has 7 heteroatoms. The average molecular weight is 537 g/mol. The van der Waals surface area contributed by atoms with E-state index in [0.717, 1.165) is 36.3 Å². The first-order valence-corrected chi connectivity index (χ1v) is 13.2. The fourth-order valence-electron chi connectivity index (χ4n) is 4.96. The van der Waals surface area contributed by atoms with Crippen LogP contribution in [0.3, 0.4) is 0 Å². The molecule has 0 amide bonds. The van der Waals surface area contributed by atoms with Crippen molar-refractivity contribution in [3.63, 3.8) is 0 Å².